The Hall–Kier alpha value is -4.45. The van der Waals surface area contributed by atoms with Gasteiger partial charge in [0.15, 0.2) is 11.9 Å². The summed E-state index contributed by atoms with van der Waals surface area (Å²) < 4.78 is 6.14. The number of benzene rings is 5. The fourth-order valence-electron chi connectivity index (χ4n) is 6.53. The van der Waals surface area contributed by atoms with Crippen LogP contribution in [0.4, 0.5) is 0 Å². The smallest absolute Gasteiger partial charge is 0.200 e. The second-order valence-electron chi connectivity index (χ2n) is 12.4. The molecule has 252 valence electrons. The molecular weight excluding hydrogens is 689 g/mol. The molecule has 4 N–H and O–H groups in total. The van der Waals surface area contributed by atoms with Gasteiger partial charge in [-0.3, -0.25) is 10.3 Å². The van der Waals surface area contributed by atoms with Gasteiger partial charge in [-0.2, -0.15) is 0 Å². The maximum absolute atomic E-state index is 6.14. The van der Waals surface area contributed by atoms with Gasteiger partial charge in [-0.1, -0.05) is 30.3 Å². The van der Waals surface area contributed by atoms with Crippen LogP contribution >= 0.6 is 20.8 Å². The van der Waals surface area contributed by atoms with E-state index in [1.807, 2.05) is 42.5 Å². The largest absolute Gasteiger partial charge is 0.330 e. The zero-order chi connectivity index (χ0) is 33.8. The summed E-state index contributed by atoms with van der Waals surface area (Å²) >= 11 is 4.57. The first-order valence-corrected chi connectivity index (χ1v) is 21.5. The van der Waals surface area contributed by atoms with Crippen molar-refractivity contribution in [2.45, 2.75) is 38.3 Å². The molecule has 1 atom stereocenters. The molecule has 0 amide bonds. The van der Waals surface area contributed by atoms with Crippen molar-refractivity contribution >= 4 is 48.6 Å². The first-order valence-electron chi connectivity index (χ1n) is 17.1. The van der Waals surface area contributed by atoms with Crippen LogP contribution in [0.2, 0.25) is 0 Å². The molecular formula is C41H45BrN5OP. The Morgan fingerprint density at radius 3 is 1.78 bits per heavy atom. The van der Waals surface area contributed by atoms with Crippen LogP contribution < -0.4 is 37.0 Å². The molecule has 5 aromatic carbocycles. The quantitative estimate of drug-likeness (QED) is 0.0766. The molecule has 0 fully saturated rings. The van der Waals surface area contributed by atoms with Gasteiger partial charge in [0.25, 0.3) is 0 Å². The second kappa shape index (κ2) is 16.3. The third-order valence-corrected chi connectivity index (χ3v) is 19.2. The Kier molecular flexibility index (Phi) is 11.4. The van der Waals surface area contributed by atoms with Crippen LogP contribution in [-0.2, 0) is 6.42 Å². The van der Waals surface area contributed by atoms with Crippen LogP contribution in [0.1, 0.15) is 43.0 Å². The van der Waals surface area contributed by atoms with Crippen molar-refractivity contribution < 1.29 is 4.74 Å². The normalized spacial score (nSPS) is 16.1. The first kappa shape index (κ1) is 34.4. The third kappa shape index (κ3) is 8.24. The first-order chi connectivity index (χ1) is 24.0. The Bertz CT molecular complexity index is 1720. The minimum atomic E-state index is -2.86. The summed E-state index contributed by atoms with van der Waals surface area (Å²) in [5, 5.41) is 7.64. The average Bonchev–Trinajstić information content (AvgIpc) is 3.16. The van der Waals surface area contributed by atoms with Crippen molar-refractivity contribution in [1.29, 1.82) is 0 Å². The molecule has 1 aliphatic heterocycles. The number of ether oxygens (including phenoxy) is 1. The van der Waals surface area contributed by atoms with Crippen molar-refractivity contribution in [3.05, 3.63) is 157 Å². The summed E-state index contributed by atoms with van der Waals surface area (Å²) in [5.74, 6) is 1.84. The number of rotatable bonds is 15. The van der Waals surface area contributed by atoms with E-state index in [0.29, 0.717) is 25.1 Å². The summed E-state index contributed by atoms with van der Waals surface area (Å²) in [6.45, 7) is 1.33. The summed E-state index contributed by atoms with van der Waals surface area (Å²) in [5.41, 5.74) is 8.34. The molecule has 6 nitrogen and oxygen atoms in total. The van der Waals surface area contributed by atoms with Gasteiger partial charge in [-0.05, 0) is 12.0 Å². The number of nitrogens with two attached hydrogens (primary N) is 1. The number of halogens is 1. The van der Waals surface area contributed by atoms with Crippen molar-refractivity contribution in [1.82, 2.24) is 10.6 Å². The standard InChI is InChI=1S/C41H45BrN5OP/c42-49(36-19-9-4-10-20-36,37-21-11-5-12-22-37,38-23-13-6-14-24-38)32-16-2-1-15-31-48-35-27-25-34(26-28-35)39-45-40(43)47-41(46-39)44-30-29-33-17-7-3-8-18-33/h3-14,17-28,39H,1-2,15-16,29-32H2,(H4,43,44,45,46,47). The fourth-order valence-corrected chi connectivity index (χ4v) is 14.3. The minimum Gasteiger partial charge on any atom is -0.330 e. The predicted octanol–water partition coefficient (Wildman–Crippen LogP) is 7.57. The topological polar surface area (TPSA) is 84.0 Å². The number of hydrogen-bond acceptors (Lipinski definition) is 4. The van der Waals surface area contributed by atoms with Gasteiger partial charge in [0, 0.05) is 6.54 Å². The molecule has 0 aliphatic carbocycles. The Balaban J connectivity index is 1.01. The third-order valence-electron chi connectivity index (χ3n) is 9.12. The van der Waals surface area contributed by atoms with Crippen molar-refractivity contribution in [3.63, 3.8) is 0 Å². The minimum absolute atomic E-state index is 0.304. The molecule has 5 aromatic rings. The molecule has 49 heavy (non-hydrogen) atoms. The molecule has 0 spiro atoms. The monoisotopic (exact) mass is 733 g/mol. The predicted molar refractivity (Wildman–Crippen MR) is 212 cm³/mol. The van der Waals surface area contributed by atoms with E-state index < -0.39 is 5.31 Å². The summed E-state index contributed by atoms with van der Waals surface area (Å²) in [7, 11) is 0. The Morgan fingerprint density at radius 2 is 1.20 bits per heavy atom. The van der Waals surface area contributed by atoms with E-state index in [1.54, 1.807) is 0 Å². The molecule has 1 heterocycles. The van der Waals surface area contributed by atoms with Gasteiger partial charge >= 0.3 is 213 Å². The molecule has 0 bridgehead atoms. The van der Waals surface area contributed by atoms with Crippen LogP contribution in [-0.4, -0.2) is 31.2 Å². The van der Waals surface area contributed by atoms with Crippen molar-refractivity contribution in [2.75, 3.05) is 19.3 Å². The van der Waals surface area contributed by atoms with E-state index in [0.717, 1.165) is 49.6 Å². The Morgan fingerprint density at radius 1 is 0.673 bits per heavy atom. The van der Waals surface area contributed by atoms with Gasteiger partial charge in [-0.25, -0.2) is 4.99 Å². The van der Waals surface area contributed by atoms with E-state index >= 15 is 0 Å². The van der Waals surface area contributed by atoms with E-state index in [-0.39, 0.29) is 6.17 Å². The fraction of sp³-hybridized carbons (Fsp3) is 0.220. The number of hydrogen-bond donors (Lipinski definition) is 3. The van der Waals surface area contributed by atoms with Crippen LogP contribution in [0.15, 0.2) is 156 Å². The number of nitrogens with zero attached hydrogens (tertiary/aromatic N) is 2. The summed E-state index contributed by atoms with van der Waals surface area (Å²) in [6.07, 6.45) is 5.96. The zero-order valence-electron chi connectivity index (χ0n) is 27.8. The van der Waals surface area contributed by atoms with Gasteiger partial charge in [0.2, 0.25) is 0 Å². The zero-order valence-corrected chi connectivity index (χ0v) is 30.3. The summed E-state index contributed by atoms with van der Waals surface area (Å²) in [4.78, 5) is 9.20. The number of unbranched alkanes of at least 4 members (excludes halogenated alkanes) is 3. The van der Waals surface area contributed by atoms with E-state index in [1.165, 1.54) is 21.5 Å². The number of aliphatic imine (C=N–C) groups is 2. The molecule has 8 heteroatoms. The van der Waals surface area contributed by atoms with Crippen LogP contribution in [0, 0.1) is 0 Å². The molecule has 0 saturated heterocycles. The van der Waals surface area contributed by atoms with Crippen LogP contribution in [0.3, 0.4) is 0 Å². The van der Waals surface area contributed by atoms with Crippen LogP contribution in [0.25, 0.3) is 0 Å². The van der Waals surface area contributed by atoms with E-state index in [4.69, 9.17) is 10.5 Å². The van der Waals surface area contributed by atoms with Crippen molar-refractivity contribution in [3.8, 4) is 5.75 Å². The molecule has 6 rings (SSSR count). The maximum Gasteiger partial charge on any atom is 0.200 e. The number of nitrogens with one attached hydrogen (secondary N) is 2. The summed E-state index contributed by atoms with van der Waals surface area (Å²) in [6, 6.07) is 51.5. The van der Waals surface area contributed by atoms with Gasteiger partial charge in [-0.15, -0.1) is 0 Å². The van der Waals surface area contributed by atoms with Crippen molar-refractivity contribution in [2.24, 2.45) is 15.7 Å². The average molecular weight is 735 g/mol. The maximum atomic E-state index is 6.14. The van der Waals surface area contributed by atoms with Gasteiger partial charge in [0.05, 0.1) is 0 Å². The molecule has 1 aliphatic rings. The van der Waals surface area contributed by atoms with Crippen LogP contribution in [0.5, 0.6) is 5.75 Å². The molecule has 0 saturated carbocycles. The molecule has 0 aromatic heterocycles. The van der Waals surface area contributed by atoms with E-state index in [2.05, 4.69) is 139 Å². The number of guanidine groups is 2. The SMILES string of the molecule is NC1=NC(c2ccc(OCCCCCCP(Br)(c3ccccc3)(c3ccccc3)c3ccccc3)cc2)NC(=NCCc2ccccc2)N1. The molecule has 1 unspecified atom stereocenters. The second-order valence-corrected chi connectivity index (χ2v) is 21.5. The van der Waals surface area contributed by atoms with E-state index in [9.17, 15) is 0 Å². The molecule has 0 radical (unpaired) electrons. The van der Waals surface area contributed by atoms with Gasteiger partial charge < -0.3 is 11.1 Å². The van der Waals surface area contributed by atoms with Gasteiger partial charge in [0.1, 0.15) is 0 Å². The Labute approximate surface area is 298 Å².